The molecule has 0 atom stereocenters. The number of likely N-dealkylation sites (tertiary alicyclic amines) is 1. The van der Waals surface area contributed by atoms with Gasteiger partial charge in [-0.3, -0.25) is 9.88 Å². The fourth-order valence-electron chi connectivity index (χ4n) is 5.24. The number of pyridine rings is 1. The Morgan fingerprint density at radius 3 is 2.42 bits per heavy atom. The van der Waals surface area contributed by atoms with E-state index in [9.17, 15) is 0 Å². The quantitative estimate of drug-likeness (QED) is 0.294. The molecule has 0 amide bonds. The Morgan fingerprint density at radius 1 is 0.842 bits per heavy atom. The molecule has 0 unspecified atom stereocenters. The lowest BCUT2D eigenvalue weighted by atomic mass is 10.0. The van der Waals surface area contributed by atoms with Crippen LogP contribution < -0.4 is 14.8 Å². The predicted molar refractivity (Wildman–Crippen MR) is 152 cm³/mol. The van der Waals surface area contributed by atoms with Crippen molar-refractivity contribution in [3.63, 3.8) is 0 Å². The lowest BCUT2D eigenvalue weighted by Crippen LogP contribution is -2.38. The number of methoxy groups -OCH3 is 2. The van der Waals surface area contributed by atoms with Crippen LogP contribution in [0.25, 0.3) is 32.9 Å². The number of benzene rings is 3. The predicted octanol–water partition coefficient (Wildman–Crippen LogP) is 5.94. The number of aromatic nitrogens is 3. The van der Waals surface area contributed by atoms with Gasteiger partial charge in [-0.15, -0.1) is 10.2 Å². The van der Waals surface area contributed by atoms with Crippen molar-refractivity contribution in [1.82, 2.24) is 20.1 Å². The average molecular weight is 506 g/mol. The van der Waals surface area contributed by atoms with Crippen LogP contribution in [0.1, 0.15) is 18.4 Å². The summed E-state index contributed by atoms with van der Waals surface area (Å²) in [5.41, 5.74) is 4.21. The first kappa shape index (κ1) is 24.1. The minimum atomic E-state index is 0.336. The number of ether oxygens (including phenoxy) is 2. The number of nitrogens with one attached hydrogen (secondary N) is 1. The molecule has 0 aliphatic carbocycles. The Kier molecular flexibility index (Phi) is 6.75. The normalized spacial score (nSPS) is 14.6. The van der Waals surface area contributed by atoms with E-state index in [1.54, 1.807) is 14.2 Å². The summed E-state index contributed by atoms with van der Waals surface area (Å²) < 4.78 is 10.9. The van der Waals surface area contributed by atoms with Gasteiger partial charge < -0.3 is 14.8 Å². The smallest absolute Gasteiger partial charge is 0.156 e. The Hall–Kier alpha value is -4.23. The van der Waals surface area contributed by atoms with E-state index in [0.29, 0.717) is 6.04 Å². The summed E-state index contributed by atoms with van der Waals surface area (Å²) in [5, 5.41) is 16.2. The summed E-state index contributed by atoms with van der Waals surface area (Å²) in [4.78, 5) is 6.96. The highest BCUT2D eigenvalue weighted by Crippen LogP contribution is 2.34. The second kappa shape index (κ2) is 10.6. The molecule has 1 N–H and O–H groups in total. The van der Waals surface area contributed by atoms with E-state index < -0.39 is 0 Å². The summed E-state index contributed by atoms with van der Waals surface area (Å²) >= 11 is 0. The van der Waals surface area contributed by atoms with Crippen LogP contribution in [0, 0.1) is 0 Å². The first-order valence-corrected chi connectivity index (χ1v) is 13.0. The second-order valence-electron chi connectivity index (χ2n) is 9.76. The molecular formula is C31H31N5O2. The highest BCUT2D eigenvalue weighted by atomic mass is 16.5. The SMILES string of the molecule is COc1ccc(-c2nnc(NC3CCN(Cc4ccc5ncccc5c4)CC3)c3cc(OC)ccc23)cc1. The Morgan fingerprint density at radius 2 is 1.63 bits per heavy atom. The topological polar surface area (TPSA) is 72.4 Å². The van der Waals surface area contributed by atoms with Crippen molar-refractivity contribution in [2.75, 3.05) is 32.6 Å². The number of nitrogens with zero attached hydrogens (tertiary/aromatic N) is 4. The van der Waals surface area contributed by atoms with Gasteiger partial charge in [0, 0.05) is 53.6 Å². The molecule has 2 aromatic heterocycles. The Balaban J connectivity index is 1.18. The van der Waals surface area contributed by atoms with Gasteiger partial charge in [0.25, 0.3) is 0 Å². The fraction of sp³-hybridized carbons (Fsp3) is 0.258. The third kappa shape index (κ3) is 4.97. The lowest BCUT2D eigenvalue weighted by molar-refractivity contribution is 0.211. The van der Waals surface area contributed by atoms with Gasteiger partial charge in [0.15, 0.2) is 5.82 Å². The number of hydrogen-bond acceptors (Lipinski definition) is 7. The maximum absolute atomic E-state index is 5.54. The first-order chi connectivity index (χ1) is 18.7. The van der Waals surface area contributed by atoms with E-state index in [1.165, 1.54) is 10.9 Å². The molecule has 1 saturated heterocycles. The van der Waals surface area contributed by atoms with E-state index in [2.05, 4.69) is 55.7 Å². The zero-order chi connectivity index (χ0) is 25.9. The third-order valence-corrected chi connectivity index (χ3v) is 7.35. The van der Waals surface area contributed by atoms with E-state index in [0.717, 1.165) is 77.3 Å². The molecule has 6 rings (SSSR count). The van der Waals surface area contributed by atoms with Crippen molar-refractivity contribution < 1.29 is 9.47 Å². The van der Waals surface area contributed by atoms with Crippen LogP contribution >= 0.6 is 0 Å². The third-order valence-electron chi connectivity index (χ3n) is 7.35. The number of piperidine rings is 1. The van der Waals surface area contributed by atoms with Crippen molar-refractivity contribution in [2.45, 2.75) is 25.4 Å². The molecule has 5 aromatic rings. The molecule has 0 bridgehead atoms. The van der Waals surface area contributed by atoms with Crippen LogP contribution in [0.4, 0.5) is 5.82 Å². The van der Waals surface area contributed by atoms with Crippen LogP contribution in [0.2, 0.25) is 0 Å². The minimum absolute atomic E-state index is 0.336. The van der Waals surface area contributed by atoms with Gasteiger partial charge in [-0.05, 0) is 79.1 Å². The monoisotopic (exact) mass is 505 g/mol. The van der Waals surface area contributed by atoms with Gasteiger partial charge >= 0.3 is 0 Å². The molecule has 3 aromatic carbocycles. The largest absolute Gasteiger partial charge is 0.497 e. The standard InChI is InChI=1S/C31H31N5O2/c1-37-25-8-6-22(7-9-25)30-27-11-10-26(38-2)19-28(27)31(35-34-30)33-24-13-16-36(17-14-24)20-21-5-12-29-23(18-21)4-3-15-32-29/h3-12,15,18-19,24H,13-14,16-17,20H2,1-2H3,(H,33,35). The van der Waals surface area contributed by atoms with Crippen LogP contribution in [0.3, 0.4) is 0 Å². The van der Waals surface area contributed by atoms with Crippen molar-refractivity contribution in [3.05, 3.63) is 84.6 Å². The fourth-order valence-corrected chi connectivity index (χ4v) is 5.24. The van der Waals surface area contributed by atoms with Crippen molar-refractivity contribution in [2.24, 2.45) is 0 Å². The molecule has 7 heteroatoms. The Labute approximate surface area is 222 Å². The molecule has 1 aliphatic heterocycles. The molecule has 1 fully saturated rings. The van der Waals surface area contributed by atoms with Gasteiger partial charge in [-0.1, -0.05) is 12.1 Å². The molecule has 0 saturated carbocycles. The Bertz CT molecular complexity index is 1560. The van der Waals surface area contributed by atoms with E-state index in [1.807, 2.05) is 48.7 Å². The minimum Gasteiger partial charge on any atom is -0.497 e. The summed E-state index contributed by atoms with van der Waals surface area (Å²) in [5.74, 6) is 2.42. The van der Waals surface area contributed by atoms with Gasteiger partial charge in [0.1, 0.15) is 17.2 Å². The zero-order valence-electron chi connectivity index (χ0n) is 21.7. The number of rotatable bonds is 7. The zero-order valence-corrected chi connectivity index (χ0v) is 21.7. The second-order valence-corrected chi connectivity index (χ2v) is 9.76. The first-order valence-electron chi connectivity index (χ1n) is 13.0. The van der Waals surface area contributed by atoms with Crippen molar-refractivity contribution in [3.8, 4) is 22.8 Å². The van der Waals surface area contributed by atoms with Crippen LogP contribution in [-0.2, 0) is 6.54 Å². The molecule has 3 heterocycles. The highest BCUT2D eigenvalue weighted by molar-refractivity contribution is 6.00. The molecule has 192 valence electrons. The number of hydrogen-bond donors (Lipinski definition) is 1. The van der Waals surface area contributed by atoms with Gasteiger partial charge in [0.05, 0.1) is 19.7 Å². The lowest BCUT2D eigenvalue weighted by Gasteiger charge is -2.32. The average Bonchev–Trinajstić information content (AvgIpc) is 2.98. The van der Waals surface area contributed by atoms with Crippen LogP contribution in [0.15, 0.2) is 79.0 Å². The number of anilines is 1. The van der Waals surface area contributed by atoms with Crippen molar-refractivity contribution in [1.29, 1.82) is 0 Å². The molecule has 1 aliphatic rings. The maximum Gasteiger partial charge on any atom is 0.156 e. The van der Waals surface area contributed by atoms with Gasteiger partial charge in [0.2, 0.25) is 0 Å². The van der Waals surface area contributed by atoms with E-state index >= 15 is 0 Å². The van der Waals surface area contributed by atoms with Crippen LogP contribution in [-0.4, -0.2) is 53.4 Å². The highest BCUT2D eigenvalue weighted by Gasteiger charge is 2.21. The summed E-state index contributed by atoms with van der Waals surface area (Å²) in [6.45, 7) is 3.01. The molecule has 7 nitrogen and oxygen atoms in total. The molecule has 0 radical (unpaired) electrons. The molecular weight excluding hydrogens is 474 g/mol. The molecule has 0 spiro atoms. The summed E-state index contributed by atoms with van der Waals surface area (Å²) in [7, 11) is 3.36. The van der Waals surface area contributed by atoms with Gasteiger partial charge in [-0.25, -0.2) is 0 Å². The maximum atomic E-state index is 5.54. The van der Waals surface area contributed by atoms with Crippen LogP contribution in [0.5, 0.6) is 11.5 Å². The van der Waals surface area contributed by atoms with Gasteiger partial charge in [-0.2, -0.15) is 0 Å². The molecule has 38 heavy (non-hydrogen) atoms. The summed E-state index contributed by atoms with van der Waals surface area (Å²) in [6.07, 6.45) is 3.93. The van der Waals surface area contributed by atoms with E-state index in [-0.39, 0.29) is 0 Å². The van der Waals surface area contributed by atoms with E-state index in [4.69, 9.17) is 9.47 Å². The number of fused-ring (bicyclic) bond motifs is 2. The summed E-state index contributed by atoms with van der Waals surface area (Å²) in [6, 6.07) is 25.0. The van der Waals surface area contributed by atoms with Crippen molar-refractivity contribution >= 4 is 27.5 Å².